The zero-order valence-electron chi connectivity index (χ0n) is 25.6. The SMILES string of the molecule is CCNC(=O)NS(=O)(=O)c1sc(CC(C)C)cc1-c1ccc(CN(C(=O)c2ccccc2)C(C(=O)OC)c2ccccc2)cc1. The van der Waals surface area contributed by atoms with Crippen LogP contribution in [0, 0.1) is 5.92 Å². The first-order valence-corrected chi connectivity index (χ1v) is 16.9. The number of hydrogen-bond acceptors (Lipinski definition) is 7. The quantitative estimate of drug-likeness (QED) is 0.177. The number of ether oxygens (including phenoxy) is 1. The molecule has 0 saturated heterocycles. The molecule has 236 valence electrons. The van der Waals surface area contributed by atoms with Gasteiger partial charge in [0, 0.05) is 29.1 Å². The number of benzene rings is 3. The van der Waals surface area contributed by atoms with E-state index >= 15 is 0 Å². The van der Waals surface area contributed by atoms with Gasteiger partial charge in [-0.05, 0) is 54.2 Å². The number of nitrogens with one attached hydrogen (secondary N) is 2. The van der Waals surface area contributed by atoms with Gasteiger partial charge in [0.1, 0.15) is 4.21 Å². The number of carbonyl (C=O) groups is 3. The highest BCUT2D eigenvalue weighted by Crippen LogP contribution is 2.37. The van der Waals surface area contributed by atoms with Crippen molar-refractivity contribution in [3.8, 4) is 11.1 Å². The maximum atomic E-state index is 13.9. The van der Waals surface area contributed by atoms with E-state index in [1.165, 1.54) is 12.0 Å². The van der Waals surface area contributed by atoms with Gasteiger partial charge in [0.15, 0.2) is 6.04 Å². The van der Waals surface area contributed by atoms with E-state index < -0.39 is 28.1 Å². The lowest BCUT2D eigenvalue weighted by Crippen LogP contribution is -2.39. The van der Waals surface area contributed by atoms with E-state index in [9.17, 15) is 22.8 Å². The second-order valence-electron chi connectivity index (χ2n) is 10.8. The lowest BCUT2D eigenvalue weighted by molar-refractivity contribution is -0.146. The predicted molar refractivity (Wildman–Crippen MR) is 175 cm³/mol. The molecule has 1 atom stereocenters. The molecule has 1 unspecified atom stereocenters. The van der Waals surface area contributed by atoms with Crippen LogP contribution in [-0.4, -0.2) is 44.9 Å². The Hall–Kier alpha value is -4.48. The standard InChI is InChI=1S/C34H37N3O6S2/c1-5-35-34(40)36-45(41,42)33-29(21-28(44-33)20-23(2)3)25-18-16-24(17-19-25)22-37(31(38)27-14-10-7-11-15-27)30(32(39)43-4)26-12-8-6-9-13-26/h6-19,21,23,30H,5,20,22H2,1-4H3,(H2,35,36,40). The molecule has 45 heavy (non-hydrogen) atoms. The van der Waals surface area contributed by atoms with Crippen LogP contribution in [-0.2, 0) is 32.5 Å². The summed E-state index contributed by atoms with van der Waals surface area (Å²) in [4.78, 5) is 41.5. The average molecular weight is 648 g/mol. The summed E-state index contributed by atoms with van der Waals surface area (Å²) < 4.78 is 33.9. The van der Waals surface area contributed by atoms with Gasteiger partial charge < -0.3 is 15.0 Å². The molecular formula is C34H37N3O6S2. The van der Waals surface area contributed by atoms with Crippen molar-refractivity contribution < 1.29 is 27.5 Å². The maximum absolute atomic E-state index is 13.9. The molecule has 0 aliphatic rings. The van der Waals surface area contributed by atoms with Gasteiger partial charge in [-0.25, -0.2) is 22.7 Å². The normalized spacial score (nSPS) is 11.9. The number of methoxy groups -OCH3 is 1. The molecule has 0 radical (unpaired) electrons. The Labute approximate surface area is 268 Å². The third-order valence-corrected chi connectivity index (χ3v) is 9.94. The summed E-state index contributed by atoms with van der Waals surface area (Å²) in [5.74, 6) is -0.626. The van der Waals surface area contributed by atoms with Crippen LogP contribution in [0.4, 0.5) is 4.79 Å². The van der Waals surface area contributed by atoms with Crippen LogP contribution in [0.5, 0.6) is 0 Å². The number of hydrogen-bond donors (Lipinski definition) is 2. The molecule has 2 N–H and O–H groups in total. The first-order chi connectivity index (χ1) is 21.5. The lowest BCUT2D eigenvalue weighted by Gasteiger charge is -2.30. The smallest absolute Gasteiger partial charge is 0.333 e. The number of urea groups is 1. The zero-order chi connectivity index (χ0) is 32.6. The van der Waals surface area contributed by atoms with Gasteiger partial charge in [-0.2, -0.15) is 0 Å². The van der Waals surface area contributed by atoms with Crippen molar-refractivity contribution in [2.24, 2.45) is 5.92 Å². The van der Waals surface area contributed by atoms with Crippen LogP contribution in [0.3, 0.4) is 0 Å². The lowest BCUT2D eigenvalue weighted by atomic mass is 10.0. The maximum Gasteiger partial charge on any atom is 0.333 e. The Morgan fingerprint density at radius 3 is 2.11 bits per heavy atom. The highest BCUT2D eigenvalue weighted by atomic mass is 32.2. The number of nitrogens with zero attached hydrogens (tertiary/aromatic N) is 1. The Morgan fingerprint density at radius 1 is 0.911 bits per heavy atom. The fourth-order valence-electron chi connectivity index (χ4n) is 4.90. The van der Waals surface area contributed by atoms with Crippen LogP contribution in [0.25, 0.3) is 11.1 Å². The van der Waals surface area contributed by atoms with Crippen molar-refractivity contribution in [2.45, 2.75) is 44.0 Å². The minimum absolute atomic E-state index is 0.0490. The molecule has 0 aliphatic carbocycles. The first kappa shape index (κ1) is 33.4. The second-order valence-corrected chi connectivity index (χ2v) is 13.8. The van der Waals surface area contributed by atoms with Gasteiger partial charge in [-0.15, -0.1) is 11.3 Å². The monoisotopic (exact) mass is 647 g/mol. The van der Waals surface area contributed by atoms with Gasteiger partial charge >= 0.3 is 12.0 Å². The summed E-state index contributed by atoms with van der Waals surface area (Å²) in [5, 5.41) is 2.46. The van der Waals surface area contributed by atoms with Crippen molar-refractivity contribution in [1.82, 2.24) is 14.9 Å². The highest BCUT2D eigenvalue weighted by Gasteiger charge is 2.33. The molecule has 1 heterocycles. The van der Waals surface area contributed by atoms with E-state index in [2.05, 4.69) is 23.9 Å². The molecular weight excluding hydrogens is 611 g/mol. The Balaban J connectivity index is 1.73. The van der Waals surface area contributed by atoms with Crippen molar-refractivity contribution in [3.05, 3.63) is 113 Å². The molecule has 4 aromatic rings. The summed E-state index contributed by atoms with van der Waals surface area (Å²) in [7, 11) is -2.86. The van der Waals surface area contributed by atoms with Crippen molar-refractivity contribution in [3.63, 3.8) is 0 Å². The van der Waals surface area contributed by atoms with Crippen LogP contribution in [0.1, 0.15) is 53.2 Å². The summed E-state index contributed by atoms with van der Waals surface area (Å²) in [6.07, 6.45) is 0.678. The number of rotatable bonds is 12. The summed E-state index contributed by atoms with van der Waals surface area (Å²) in [6, 6.07) is 24.9. The average Bonchev–Trinajstić information content (AvgIpc) is 3.45. The van der Waals surface area contributed by atoms with Gasteiger partial charge in [-0.1, -0.05) is 86.6 Å². The van der Waals surface area contributed by atoms with E-state index in [0.717, 1.165) is 21.8 Å². The van der Waals surface area contributed by atoms with Crippen molar-refractivity contribution in [1.29, 1.82) is 0 Å². The van der Waals surface area contributed by atoms with Gasteiger partial charge in [0.2, 0.25) is 0 Å². The molecule has 9 nitrogen and oxygen atoms in total. The minimum atomic E-state index is -4.15. The van der Waals surface area contributed by atoms with E-state index in [1.54, 1.807) is 79.7 Å². The summed E-state index contributed by atoms with van der Waals surface area (Å²) in [5.41, 5.74) is 2.86. The first-order valence-electron chi connectivity index (χ1n) is 14.6. The van der Waals surface area contributed by atoms with Crippen LogP contribution in [0.2, 0.25) is 0 Å². The summed E-state index contributed by atoms with van der Waals surface area (Å²) >= 11 is 1.14. The van der Waals surface area contributed by atoms with E-state index in [4.69, 9.17) is 4.74 Å². The van der Waals surface area contributed by atoms with E-state index in [0.29, 0.717) is 34.6 Å². The fraction of sp³-hybridized carbons (Fsp3) is 0.265. The number of sulfonamides is 1. The predicted octanol–water partition coefficient (Wildman–Crippen LogP) is 6.18. The molecule has 1 aromatic heterocycles. The highest BCUT2D eigenvalue weighted by molar-refractivity contribution is 7.92. The van der Waals surface area contributed by atoms with Crippen LogP contribution in [0.15, 0.2) is 95.2 Å². The molecule has 0 fully saturated rings. The third kappa shape index (κ3) is 8.37. The third-order valence-electron chi connectivity index (χ3n) is 6.92. The molecule has 0 bridgehead atoms. The molecule has 0 spiro atoms. The number of esters is 1. The van der Waals surface area contributed by atoms with Gasteiger partial charge in [0.05, 0.1) is 7.11 Å². The van der Waals surface area contributed by atoms with E-state index in [-0.39, 0.29) is 23.2 Å². The second kappa shape index (κ2) is 15.0. The molecule has 3 amide bonds. The number of amides is 3. The van der Waals surface area contributed by atoms with E-state index in [1.807, 2.05) is 18.2 Å². The molecule has 3 aromatic carbocycles. The largest absolute Gasteiger partial charge is 0.467 e. The van der Waals surface area contributed by atoms with Crippen LogP contribution >= 0.6 is 11.3 Å². The van der Waals surface area contributed by atoms with Gasteiger partial charge in [-0.3, -0.25) is 4.79 Å². The van der Waals surface area contributed by atoms with Gasteiger partial charge in [0.25, 0.3) is 15.9 Å². The topological polar surface area (TPSA) is 122 Å². The Morgan fingerprint density at radius 2 is 1.53 bits per heavy atom. The van der Waals surface area contributed by atoms with Crippen molar-refractivity contribution in [2.75, 3.05) is 13.7 Å². The fourth-order valence-corrected chi connectivity index (χ4v) is 7.77. The summed E-state index contributed by atoms with van der Waals surface area (Å²) in [6.45, 7) is 6.16. The number of carbonyl (C=O) groups excluding carboxylic acids is 3. The molecule has 11 heteroatoms. The Bertz CT molecular complexity index is 1720. The van der Waals surface area contributed by atoms with Crippen molar-refractivity contribution >= 4 is 39.3 Å². The minimum Gasteiger partial charge on any atom is -0.467 e. The number of thiophene rings is 1. The molecule has 0 saturated carbocycles. The van der Waals surface area contributed by atoms with Crippen LogP contribution < -0.4 is 10.0 Å². The zero-order valence-corrected chi connectivity index (χ0v) is 27.3. The molecule has 0 aliphatic heterocycles. The Kier molecular flexibility index (Phi) is 11.1. The molecule has 4 rings (SSSR count).